The third-order valence-electron chi connectivity index (χ3n) is 6.17. The average molecular weight is 527 g/mol. The minimum Gasteiger partial charge on any atom is -0.444 e. The number of morpholine rings is 1. The zero-order valence-corrected chi connectivity index (χ0v) is 21.0. The van der Waals surface area contributed by atoms with Gasteiger partial charge in [0.15, 0.2) is 6.10 Å². The lowest BCUT2D eigenvalue weighted by atomic mass is 10.0. The Kier molecular flexibility index (Phi) is 7.24. The smallest absolute Gasteiger partial charge is 0.418 e. The largest absolute Gasteiger partial charge is 0.444 e. The number of carbonyl (C=O) groups is 2. The molecule has 37 heavy (non-hydrogen) atoms. The molecule has 2 amide bonds. The highest BCUT2D eigenvalue weighted by molar-refractivity contribution is 5.94. The van der Waals surface area contributed by atoms with Crippen LogP contribution in [-0.4, -0.2) is 78.1 Å². The van der Waals surface area contributed by atoms with Gasteiger partial charge in [0.2, 0.25) is 0 Å². The van der Waals surface area contributed by atoms with E-state index in [1.807, 2.05) is 0 Å². The molecule has 1 aromatic carbocycles. The highest BCUT2D eigenvalue weighted by atomic mass is 19.4. The van der Waals surface area contributed by atoms with Gasteiger partial charge in [-0.25, -0.2) is 9.18 Å². The van der Waals surface area contributed by atoms with E-state index in [0.29, 0.717) is 17.6 Å². The maximum atomic E-state index is 14.7. The highest BCUT2D eigenvalue weighted by Crippen LogP contribution is 2.38. The second-order valence-corrected chi connectivity index (χ2v) is 10.4. The number of ether oxygens (including phenoxy) is 2. The summed E-state index contributed by atoms with van der Waals surface area (Å²) in [7, 11) is 0. The number of likely N-dealkylation sites (tertiary alicyclic amines) is 1. The van der Waals surface area contributed by atoms with E-state index in [4.69, 9.17) is 9.47 Å². The zero-order chi connectivity index (χ0) is 27.1. The SMILES string of the molecule is C[C@@H]1CN(c2ccc(C(F)(F)F)c3ncccc23)C[C@H](C(=O)NC2CN(C(=O)OC(C)(C)C)C[C@@H]2F)O1. The first-order valence-corrected chi connectivity index (χ1v) is 12.0. The Balaban J connectivity index is 1.49. The predicted molar refractivity (Wildman–Crippen MR) is 128 cm³/mol. The van der Waals surface area contributed by atoms with Gasteiger partial charge in [-0.3, -0.25) is 9.78 Å². The minimum atomic E-state index is -4.57. The van der Waals surface area contributed by atoms with Crippen LogP contribution >= 0.6 is 0 Å². The highest BCUT2D eigenvalue weighted by Gasteiger charge is 2.41. The summed E-state index contributed by atoms with van der Waals surface area (Å²) in [5.41, 5.74) is -1.27. The summed E-state index contributed by atoms with van der Waals surface area (Å²) >= 11 is 0. The molecule has 2 saturated heterocycles. The topological polar surface area (TPSA) is 84.0 Å². The van der Waals surface area contributed by atoms with Gasteiger partial charge in [0.1, 0.15) is 11.8 Å². The second kappa shape index (κ2) is 9.96. The number of hydrogen-bond acceptors (Lipinski definition) is 6. The molecule has 4 rings (SSSR count). The number of pyridine rings is 1. The third kappa shape index (κ3) is 6.06. The van der Waals surface area contributed by atoms with E-state index < -0.39 is 53.8 Å². The van der Waals surface area contributed by atoms with Gasteiger partial charge in [0.25, 0.3) is 5.91 Å². The molecule has 12 heteroatoms. The summed E-state index contributed by atoms with van der Waals surface area (Å²) in [6.07, 6.45) is -6.85. The molecule has 0 radical (unpaired) electrons. The molecule has 0 spiro atoms. The number of halogens is 4. The molecule has 2 aromatic rings. The Morgan fingerprint density at radius 2 is 1.84 bits per heavy atom. The van der Waals surface area contributed by atoms with E-state index in [-0.39, 0.29) is 25.2 Å². The van der Waals surface area contributed by atoms with E-state index in [1.54, 1.807) is 44.7 Å². The fraction of sp³-hybridized carbons (Fsp3) is 0.560. The van der Waals surface area contributed by atoms with Crippen molar-refractivity contribution in [2.45, 2.75) is 63.9 Å². The molecule has 1 aromatic heterocycles. The number of amides is 2. The van der Waals surface area contributed by atoms with E-state index in [2.05, 4.69) is 10.3 Å². The van der Waals surface area contributed by atoms with E-state index >= 15 is 0 Å². The first kappa shape index (κ1) is 26.9. The third-order valence-corrected chi connectivity index (χ3v) is 6.17. The molecule has 0 saturated carbocycles. The van der Waals surface area contributed by atoms with Crippen LogP contribution in [-0.2, 0) is 20.4 Å². The van der Waals surface area contributed by atoms with Crippen molar-refractivity contribution in [2.24, 2.45) is 0 Å². The van der Waals surface area contributed by atoms with Gasteiger partial charge in [-0.1, -0.05) is 0 Å². The van der Waals surface area contributed by atoms with Gasteiger partial charge in [-0.05, 0) is 52.0 Å². The Labute approximate surface area is 211 Å². The molecule has 3 heterocycles. The van der Waals surface area contributed by atoms with Crippen molar-refractivity contribution in [1.29, 1.82) is 0 Å². The number of nitrogens with one attached hydrogen (secondary N) is 1. The molecular weight excluding hydrogens is 496 g/mol. The number of nitrogens with zero attached hydrogens (tertiary/aromatic N) is 3. The van der Waals surface area contributed by atoms with Gasteiger partial charge in [0, 0.05) is 30.4 Å². The van der Waals surface area contributed by atoms with Crippen molar-refractivity contribution in [2.75, 3.05) is 31.1 Å². The van der Waals surface area contributed by atoms with Crippen molar-refractivity contribution < 1.29 is 36.6 Å². The Bertz CT molecular complexity index is 1170. The maximum absolute atomic E-state index is 14.7. The van der Waals surface area contributed by atoms with Gasteiger partial charge in [-0.2, -0.15) is 13.2 Å². The zero-order valence-electron chi connectivity index (χ0n) is 21.0. The van der Waals surface area contributed by atoms with E-state index in [9.17, 15) is 27.2 Å². The van der Waals surface area contributed by atoms with Crippen LogP contribution in [0.1, 0.15) is 33.3 Å². The van der Waals surface area contributed by atoms with Crippen LogP contribution in [0.25, 0.3) is 10.9 Å². The van der Waals surface area contributed by atoms with Crippen molar-refractivity contribution >= 4 is 28.6 Å². The quantitative estimate of drug-likeness (QED) is 0.611. The van der Waals surface area contributed by atoms with E-state index in [1.165, 1.54) is 17.2 Å². The van der Waals surface area contributed by atoms with Crippen molar-refractivity contribution in [1.82, 2.24) is 15.2 Å². The maximum Gasteiger partial charge on any atom is 0.418 e. The molecule has 2 aliphatic rings. The van der Waals surface area contributed by atoms with Gasteiger partial charge in [0.05, 0.1) is 36.3 Å². The summed E-state index contributed by atoms with van der Waals surface area (Å²) in [5.74, 6) is -0.565. The van der Waals surface area contributed by atoms with Crippen LogP contribution in [0.2, 0.25) is 0 Å². The number of fused-ring (bicyclic) bond motifs is 1. The number of hydrogen-bond donors (Lipinski definition) is 1. The van der Waals surface area contributed by atoms with Crippen molar-refractivity contribution in [3.8, 4) is 0 Å². The molecule has 0 aliphatic carbocycles. The minimum absolute atomic E-state index is 0.0466. The molecule has 2 aliphatic heterocycles. The molecule has 1 unspecified atom stereocenters. The number of alkyl halides is 4. The normalized spacial score (nSPS) is 24.9. The summed E-state index contributed by atoms with van der Waals surface area (Å²) < 4.78 is 66.3. The van der Waals surface area contributed by atoms with Crippen LogP contribution in [0, 0.1) is 0 Å². The van der Waals surface area contributed by atoms with E-state index in [0.717, 1.165) is 6.07 Å². The van der Waals surface area contributed by atoms with Gasteiger partial charge >= 0.3 is 12.3 Å². The Hall–Kier alpha value is -3.15. The fourth-order valence-corrected chi connectivity index (χ4v) is 4.61. The monoisotopic (exact) mass is 526 g/mol. The summed E-state index contributed by atoms with van der Waals surface area (Å²) in [4.78, 5) is 32.3. The summed E-state index contributed by atoms with van der Waals surface area (Å²) in [5, 5.41) is 2.93. The number of carbonyl (C=O) groups excluding carboxylic acids is 2. The van der Waals surface area contributed by atoms with Crippen LogP contribution < -0.4 is 10.2 Å². The van der Waals surface area contributed by atoms with Crippen molar-refractivity contribution in [3.63, 3.8) is 0 Å². The van der Waals surface area contributed by atoms with Gasteiger partial charge in [-0.15, -0.1) is 0 Å². The number of benzene rings is 1. The molecule has 202 valence electrons. The molecule has 1 N–H and O–H groups in total. The lowest BCUT2D eigenvalue weighted by Gasteiger charge is -2.38. The predicted octanol–water partition coefficient (Wildman–Crippen LogP) is 3.92. The first-order chi connectivity index (χ1) is 17.2. The van der Waals surface area contributed by atoms with Gasteiger partial charge < -0.3 is 24.6 Å². The molecular formula is C25H30F4N4O4. The molecule has 2 fully saturated rings. The first-order valence-electron chi connectivity index (χ1n) is 12.0. The van der Waals surface area contributed by atoms with Crippen LogP contribution in [0.4, 0.5) is 28.0 Å². The Morgan fingerprint density at radius 1 is 1.11 bits per heavy atom. The average Bonchev–Trinajstić information content (AvgIpc) is 3.16. The van der Waals surface area contributed by atoms with Crippen LogP contribution in [0.15, 0.2) is 30.5 Å². The second-order valence-electron chi connectivity index (χ2n) is 10.4. The lowest BCUT2D eigenvalue weighted by Crippen LogP contribution is -2.55. The van der Waals surface area contributed by atoms with Crippen LogP contribution in [0.5, 0.6) is 0 Å². The molecule has 4 atom stereocenters. The van der Waals surface area contributed by atoms with Crippen LogP contribution in [0.3, 0.4) is 0 Å². The standard InChI is InChI=1S/C25H30F4N4O4/c1-14-10-32(19-8-7-16(25(27,28)29)21-15(19)6-5-9-30-21)13-20(36-14)22(34)31-18-12-33(11-17(18)26)23(35)37-24(2,3)4/h5-9,14,17-18,20H,10-13H2,1-4H3,(H,31,34)/t14-,17+,18?,20-/m1/s1. The molecule has 8 nitrogen and oxygen atoms in total. The summed E-state index contributed by atoms with van der Waals surface area (Å²) in [6, 6.07) is 4.52. The number of anilines is 1. The summed E-state index contributed by atoms with van der Waals surface area (Å²) in [6.45, 7) is 6.98. The number of aromatic nitrogens is 1. The molecule has 0 bridgehead atoms. The fourth-order valence-electron chi connectivity index (χ4n) is 4.61. The number of rotatable bonds is 3. The van der Waals surface area contributed by atoms with Crippen molar-refractivity contribution in [3.05, 3.63) is 36.0 Å². The Morgan fingerprint density at radius 3 is 2.51 bits per heavy atom. The lowest BCUT2D eigenvalue weighted by molar-refractivity contribution is -0.138.